The number of aliphatic hydroxyl groups excluding tert-OH is 2. The number of nitrogens with zero attached hydrogens (tertiary/aromatic N) is 5. The Bertz CT molecular complexity index is 1980. The van der Waals surface area contributed by atoms with Gasteiger partial charge in [0, 0.05) is 44.3 Å². The zero-order valence-corrected chi connectivity index (χ0v) is 40.5. The van der Waals surface area contributed by atoms with E-state index in [-0.39, 0.29) is 41.7 Å². The Labute approximate surface area is 381 Å². The largest absolute Gasteiger partial charge is 0.481 e. The molecule has 0 aromatic carbocycles. The van der Waals surface area contributed by atoms with Gasteiger partial charge in [-0.3, -0.25) is 32.5 Å². The first-order valence-corrected chi connectivity index (χ1v) is 26.7. The number of hydrogen-bond donors (Lipinski definition) is 9. The molecule has 2 aromatic rings. The summed E-state index contributed by atoms with van der Waals surface area (Å²) in [6.07, 6.45) is 6.51. The molecular formula is C36H65N8O17P3S. The van der Waals surface area contributed by atoms with E-state index in [1.807, 2.05) is 0 Å². The summed E-state index contributed by atoms with van der Waals surface area (Å²) in [5, 5.41) is 26.5. The minimum Gasteiger partial charge on any atom is -0.386 e. The normalized spacial score (nSPS) is 20.3. The van der Waals surface area contributed by atoms with Crippen LogP contribution in [0.5, 0.6) is 0 Å². The van der Waals surface area contributed by atoms with Crippen LogP contribution < -0.4 is 16.4 Å². The molecule has 2 aromatic heterocycles. The van der Waals surface area contributed by atoms with Gasteiger partial charge >= 0.3 is 23.5 Å². The lowest BCUT2D eigenvalue weighted by Crippen LogP contribution is -2.46. The fourth-order valence-electron chi connectivity index (χ4n) is 6.48. The Hall–Kier alpha value is -2.64. The summed E-state index contributed by atoms with van der Waals surface area (Å²) in [5.41, 5.74) is 4.28. The van der Waals surface area contributed by atoms with Crippen LogP contribution in [0, 0.1) is 5.41 Å². The molecule has 0 spiro atoms. The number of aliphatic hydroxyl groups is 2. The lowest BCUT2D eigenvalue weighted by Gasteiger charge is -2.30. The van der Waals surface area contributed by atoms with Gasteiger partial charge in [0.1, 0.15) is 36.3 Å². The molecule has 0 radical (unpaired) electrons. The van der Waals surface area contributed by atoms with Gasteiger partial charge in [-0.15, -0.1) is 0 Å². The topological polar surface area (TPSA) is 367 Å². The first-order chi connectivity index (χ1) is 30.5. The number of aromatic nitrogens is 4. The van der Waals surface area contributed by atoms with Gasteiger partial charge in [0.05, 0.1) is 19.5 Å². The molecule has 25 nitrogen and oxygen atoms in total. The van der Waals surface area contributed by atoms with Crippen LogP contribution in [0.25, 0.3) is 11.2 Å². The number of ether oxygens (including phenoxy) is 1. The molecule has 29 heteroatoms. The average molecular weight is 1010 g/mol. The Morgan fingerprint density at radius 2 is 1.55 bits per heavy atom. The predicted molar refractivity (Wildman–Crippen MR) is 237 cm³/mol. The fraction of sp³-hybridized carbons (Fsp3) is 0.778. The van der Waals surface area contributed by atoms with Crippen molar-refractivity contribution in [2.24, 2.45) is 5.41 Å². The van der Waals surface area contributed by atoms with E-state index in [9.17, 15) is 57.9 Å². The van der Waals surface area contributed by atoms with E-state index < -0.39 is 84.6 Å². The number of rotatable bonds is 31. The summed E-state index contributed by atoms with van der Waals surface area (Å²) in [4.78, 5) is 90.2. The van der Waals surface area contributed by atoms with Crippen molar-refractivity contribution in [3.05, 3.63) is 12.7 Å². The number of hydrogen-bond acceptors (Lipinski definition) is 18. The maximum Gasteiger partial charge on any atom is 0.481 e. The number of carbonyl (C=O) groups excluding carboxylic acids is 3. The van der Waals surface area contributed by atoms with Gasteiger partial charge in [-0.05, 0) is 6.42 Å². The quantitative estimate of drug-likeness (QED) is 0.0385. The fourth-order valence-corrected chi connectivity index (χ4v) is 10.0. The zero-order chi connectivity index (χ0) is 48.4. The molecule has 3 amide bonds. The third-order valence-electron chi connectivity index (χ3n) is 10.1. The number of nitrogen functional groups attached to an aromatic ring is 1. The summed E-state index contributed by atoms with van der Waals surface area (Å²) in [6, 6.07) is 0. The molecule has 3 rings (SSSR count). The lowest BCUT2D eigenvalue weighted by atomic mass is 9.87. The van der Waals surface area contributed by atoms with Crippen LogP contribution in [-0.2, 0) is 45.9 Å². The number of unbranched alkanes of at least 4 members (excludes halogenated alkanes) is 10. The Kier molecular flexibility index (Phi) is 23.4. The molecule has 65 heavy (non-hydrogen) atoms. The highest BCUT2D eigenvalue weighted by atomic mass is 32.2. The third-order valence-corrected chi connectivity index (χ3v) is 14.2. The highest BCUT2D eigenvalue weighted by Crippen LogP contribution is 2.61. The molecule has 372 valence electrons. The highest BCUT2D eigenvalue weighted by molar-refractivity contribution is 8.13. The van der Waals surface area contributed by atoms with Gasteiger partial charge in [0.2, 0.25) is 11.8 Å². The standard InChI is InChI=1S/C36H65N8O17P3S/c1-5-6-7-8-9-10-11-12-13-14-15-19-43(4)35(49)65-20-18-38-26(45)16-17-39-33(48)30(47)36(2,3)22-58-64(55,56)61-63(53,54)57-21-25-29(60-62(50,51)52)28(46)34(59-25)44-24-42-27-31(37)40-23-41-32(27)44/h23-25,28-30,34,46-47H,5-22H2,1-4H3,(H,38,45)(H,39,48)(H,53,54)(H,55,56)(H2,37,40,41)(H2,50,51,52)/t25-,28-,29-,30+,34-/m1/s1. The smallest absolute Gasteiger partial charge is 0.386 e. The van der Waals surface area contributed by atoms with E-state index in [1.54, 1.807) is 11.9 Å². The number of nitrogens with two attached hydrogens (primary N) is 1. The summed E-state index contributed by atoms with van der Waals surface area (Å²) in [5.74, 6) is -1.09. The van der Waals surface area contributed by atoms with Crippen LogP contribution in [0.15, 0.2) is 12.7 Å². The number of imidazole rings is 1. The van der Waals surface area contributed by atoms with Crippen LogP contribution in [-0.4, -0.2) is 141 Å². The molecular weight excluding hydrogens is 941 g/mol. The SMILES string of the molecule is CCCCCCCCCCCCCN(C)C(=O)SCCNC(=O)CCNC(=O)[C@H](O)C(C)(C)COP(=O)(O)OP(=O)(O)OC[C@H]1O[C@@H](n2cnc3c(N)ncnc32)[C@H](O)[C@@H]1OP(=O)(O)O. The van der Waals surface area contributed by atoms with Gasteiger partial charge in [-0.1, -0.05) is 96.7 Å². The predicted octanol–water partition coefficient (Wildman–Crippen LogP) is 3.50. The first-order valence-electron chi connectivity index (χ1n) is 21.2. The molecule has 10 N–H and O–H groups in total. The number of phosphoric acid groups is 3. The van der Waals surface area contributed by atoms with Crippen molar-refractivity contribution in [1.82, 2.24) is 35.1 Å². The molecule has 7 atom stereocenters. The second-order valence-corrected chi connectivity index (χ2v) is 21.4. The number of amides is 3. The van der Waals surface area contributed by atoms with Crippen molar-refractivity contribution in [3.8, 4) is 0 Å². The van der Waals surface area contributed by atoms with E-state index in [4.69, 9.17) is 19.5 Å². The number of thioether (sulfide) groups is 1. The van der Waals surface area contributed by atoms with E-state index in [2.05, 4.69) is 41.3 Å². The van der Waals surface area contributed by atoms with Gasteiger partial charge in [0.15, 0.2) is 17.7 Å². The minimum absolute atomic E-state index is 0.0323. The lowest BCUT2D eigenvalue weighted by molar-refractivity contribution is -0.137. The molecule has 1 aliphatic heterocycles. The second kappa shape index (κ2) is 26.8. The number of phosphoric ester groups is 3. The average Bonchev–Trinajstić information content (AvgIpc) is 3.79. The highest BCUT2D eigenvalue weighted by Gasteiger charge is 2.50. The monoisotopic (exact) mass is 1010 g/mol. The van der Waals surface area contributed by atoms with E-state index >= 15 is 0 Å². The van der Waals surface area contributed by atoms with Gasteiger partial charge in [0.25, 0.3) is 5.24 Å². The molecule has 0 saturated carbocycles. The Morgan fingerprint density at radius 1 is 0.938 bits per heavy atom. The molecule has 0 bridgehead atoms. The molecule has 1 fully saturated rings. The maximum atomic E-state index is 12.7. The molecule has 3 heterocycles. The van der Waals surface area contributed by atoms with Crippen LogP contribution in [0.4, 0.5) is 10.6 Å². The third kappa shape index (κ3) is 19.9. The number of nitrogens with one attached hydrogen (secondary N) is 2. The number of carbonyl (C=O) groups is 3. The maximum absolute atomic E-state index is 12.7. The van der Waals surface area contributed by atoms with E-state index in [0.29, 0.717) is 12.3 Å². The first kappa shape index (κ1) is 56.7. The van der Waals surface area contributed by atoms with Crippen molar-refractivity contribution in [1.29, 1.82) is 0 Å². The van der Waals surface area contributed by atoms with Crippen molar-refractivity contribution in [2.75, 3.05) is 51.4 Å². The number of anilines is 1. The second-order valence-electron chi connectivity index (χ2n) is 16.1. The van der Waals surface area contributed by atoms with E-state index in [1.165, 1.54) is 65.2 Å². The van der Waals surface area contributed by atoms with Crippen LogP contribution in [0.2, 0.25) is 0 Å². The van der Waals surface area contributed by atoms with Crippen molar-refractivity contribution in [2.45, 2.75) is 128 Å². The van der Waals surface area contributed by atoms with Crippen molar-refractivity contribution >= 4 is 69.3 Å². The van der Waals surface area contributed by atoms with Crippen LogP contribution >= 0.6 is 35.2 Å². The minimum atomic E-state index is -5.58. The van der Waals surface area contributed by atoms with Crippen LogP contribution in [0.1, 0.15) is 104 Å². The molecule has 1 aliphatic rings. The van der Waals surface area contributed by atoms with Gasteiger partial charge < -0.3 is 55.8 Å². The van der Waals surface area contributed by atoms with E-state index in [0.717, 1.165) is 48.2 Å². The number of fused-ring (bicyclic) bond motifs is 1. The molecule has 0 aliphatic carbocycles. The molecule has 1 saturated heterocycles. The van der Waals surface area contributed by atoms with Crippen molar-refractivity contribution < 1.29 is 80.5 Å². The van der Waals surface area contributed by atoms with Gasteiger partial charge in [-0.2, -0.15) is 4.31 Å². The summed E-state index contributed by atoms with van der Waals surface area (Å²) >= 11 is 1.09. The van der Waals surface area contributed by atoms with Gasteiger partial charge in [-0.25, -0.2) is 28.6 Å². The molecule has 2 unspecified atom stereocenters. The van der Waals surface area contributed by atoms with Crippen LogP contribution in [0.3, 0.4) is 0 Å². The zero-order valence-electron chi connectivity index (χ0n) is 37.0. The van der Waals surface area contributed by atoms with Crippen molar-refractivity contribution in [3.63, 3.8) is 0 Å². The Morgan fingerprint density at radius 3 is 2.18 bits per heavy atom. The summed E-state index contributed by atoms with van der Waals surface area (Å²) in [6.45, 7) is 3.40. The Balaban J connectivity index is 1.35. The summed E-state index contributed by atoms with van der Waals surface area (Å²) in [7, 11) is -14.7. The summed E-state index contributed by atoms with van der Waals surface area (Å²) < 4.78 is 62.4.